The molecule has 0 aromatic heterocycles. The van der Waals surface area contributed by atoms with Crippen LogP contribution in [0.3, 0.4) is 0 Å². The lowest BCUT2D eigenvalue weighted by molar-refractivity contribution is -0.385. The van der Waals surface area contributed by atoms with Gasteiger partial charge >= 0.3 is 5.97 Å². The van der Waals surface area contributed by atoms with E-state index in [1.807, 2.05) is 0 Å². The monoisotopic (exact) mass is 364 g/mol. The molecule has 0 atom stereocenters. The Kier molecular flexibility index (Phi) is 5.07. The molecule has 0 fully saturated rings. The largest absolute Gasteiger partial charge is 0.465 e. The Morgan fingerprint density at radius 2 is 1.88 bits per heavy atom. The summed E-state index contributed by atoms with van der Waals surface area (Å²) in [6, 6.07) is 8.15. The summed E-state index contributed by atoms with van der Waals surface area (Å²) in [5.74, 6) is -0.593. The molecule has 0 saturated carbocycles. The van der Waals surface area contributed by atoms with Gasteiger partial charge in [-0.05, 0) is 37.6 Å². The molecule has 0 amide bonds. The molecule has 132 valence electrons. The molecular weight excluding hydrogens is 348 g/mol. The molecule has 0 bridgehead atoms. The number of hydrogen-bond donors (Lipinski definition) is 1. The van der Waals surface area contributed by atoms with E-state index in [4.69, 9.17) is 0 Å². The van der Waals surface area contributed by atoms with Crippen molar-refractivity contribution in [3.05, 3.63) is 63.2 Å². The average molecular weight is 364 g/mol. The third-order valence-electron chi connectivity index (χ3n) is 3.67. The van der Waals surface area contributed by atoms with Gasteiger partial charge in [0, 0.05) is 11.6 Å². The summed E-state index contributed by atoms with van der Waals surface area (Å²) in [5.41, 5.74) is 0.860. The summed E-state index contributed by atoms with van der Waals surface area (Å²) in [6.07, 6.45) is 0. The van der Waals surface area contributed by atoms with Gasteiger partial charge in [0.1, 0.15) is 0 Å². The number of hydrogen-bond acceptors (Lipinski definition) is 6. The van der Waals surface area contributed by atoms with E-state index in [9.17, 15) is 23.3 Å². The van der Waals surface area contributed by atoms with E-state index in [1.165, 1.54) is 44.4 Å². The van der Waals surface area contributed by atoms with Gasteiger partial charge in [0.05, 0.1) is 28.2 Å². The van der Waals surface area contributed by atoms with E-state index < -0.39 is 20.9 Å². The zero-order chi connectivity index (χ0) is 18.8. The Morgan fingerprint density at radius 3 is 2.48 bits per heavy atom. The van der Waals surface area contributed by atoms with Crippen molar-refractivity contribution < 1.29 is 22.9 Å². The first-order valence-electron chi connectivity index (χ1n) is 7.13. The standard InChI is InChI=1S/C16H16N2O6S/c1-10-7-8-12(9-15(10)18(20)21)25(22,23)17-14-6-4-5-13(11(14)2)16(19)24-3/h4-9,17H,1-3H3. The van der Waals surface area contributed by atoms with Gasteiger partial charge in [-0.25, -0.2) is 13.2 Å². The average Bonchev–Trinajstić information content (AvgIpc) is 2.55. The molecule has 0 radical (unpaired) electrons. The Balaban J connectivity index is 2.45. The molecule has 0 saturated heterocycles. The van der Waals surface area contributed by atoms with Crippen LogP contribution in [-0.4, -0.2) is 26.4 Å². The molecule has 0 aliphatic carbocycles. The smallest absolute Gasteiger partial charge is 0.338 e. The topological polar surface area (TPSA) is 116 Å². The first kappa shape index (κ1) is 18.4. The fourth-order valence-electron chi connectivity index (χ4n) is 2.23. The number of methoxy groups -OCH3 is 1. The highest BCUT2D eigenvalue weighted by Gasteiger charge is 2.21. The second kappa shape index (κ2) is 6.89. The molecular formula is C16H16N2O6S. The molecule has 2 aromatic rings. The van der Waals surface area contributed by atoms with Gasteiger partial charge < -0.3 is 4.74 Å². The predicted molar refractivity (Wildman–Crippen MR) is 91.2 cm³/mol. The normalized spacial score (nSPS) is 11.0. The van der Waals surface area contributed by atoms with E-state index in [-0.39, 0.29) is 21.8 Å². The molecule has 9 heteroatoms. The number of anilines is 1. The summed E-state index contributed by atoms with van der Waals surface area (Å²) < 4.78 is 32.1. The number of nitro benzene ring substituents is 1. The summed E-state index contributed by atoms with van der Waals surface area (Å²) >= 11 is 0. The molecule has 0 heterocycles. The number of carbonyl (C=O) groups excluding carboxylic acids is 1. The number of aryl methyl sites for hydroxylation is 1. The van der Waals surface area contributed by atoms with Gasteiger partial charge in [0.15, 0.2) is 0 Å². The zero-order valence-electron chi connectivity index (χ0n) is 13.8. The number of esters is 1. The number of nitrogens with zero attached hydrogens (tertiary/aromatic N) is 1. The first-order valence-corrected chi connectivity index (χ1v) is 8.61. The molecule has 25 heavy (non-hydrogen) atoms. The van der Waals surface area contributed by atoms with Crippen molar-refractivity contribution in [1.82, 2.24) is 0 Å². The van der Waals surface area contributed by atoms with Gasteiger partial charge in [-0.3, -0.25) is 14.8 Å². The molecule has 0 unspecified atom stereocenters. The quantitative estimate of drug-likeness (QED) is 0.495. The van der Waals surface area contributed by atoms with E-state index >= 15 is 0 Å². The third-order valence-corrected chi connectivity index (χ3v) is 5.03. The maximum absolute atomic E-state index is 12.5. The highest BCUT2D eigenvalue weighted by molar-refractivity contribution is 7.92. The van der Waals surface area contributed by atoms with Gasteiger partial charge in [0.2, 0.25) is 0 Å². The van der Waals surface area contributed by atoms with Crippen LogP contribution in [0.1, 0.15) is 21.5 Å². The maximum atomic E-state index is 12.5. The molecule has 0 spiro atoms. The van der Waals surface area contributed by atoms with Gasteiger partial charge in [-0.1, -0.05) is 12.1 Å². The molecule has 0 aliphatic heterocycles. The van der Waals surface area contributed by atoms with E-state index in [2.05, 4.69) is 9.46 Å². The summed E-state index contributed by atoms with van der Waals surface area (Å²) in [4.78, 5) is 21.8. The maximum Gasteiger partial charge on any atom is 0.338 e. The fourth-order valence-corrected chi connectivity index (χ4v) is 3.38. The van der Waals surface area contributed by atoms with Crippen LogP contribution in [0.2, 0.25) is 0 Å². The molecule has 2 rings (SSSR count). The predicted octanol–water partition coefficient (Wildman–Crippen LogP) is 2.80. The second-order valence-corrected chi connectivity index (χ2v) is 6.96. The molecule has 2 aromatic carbocycles. The Morgan fingerprint density at radius 1 is 1.20 bits per heavy atom. The first-order chi connectivity index (χ1) is 11.7. The van der Waals surface area contributed by atoms with E-state index in [0.29, 0.717) is 11.1 Å². The Labute approximate surface area is 144 Å². The summed E-state index contributed by atoms with van der Waals surface area (Å²) in [5, 5.41) is 11.0. The van der Waals surface area contributed by atoms with Crippen LogP contribution in [0.4, 0.5) is 11.4 Å². The highest BCUT2D eigenvalue weighted by atomic mass is 32.2. The van der Waals surface area contributed by atoms with Crippen molar-refractivity contribution in [2.45, 2.75) is 18.7 Å². The van der Waals surface area contributed by atoms with Crippen molar-refractivity contribution in [2.75, 3.05) is 11.8 Å². The summed E-state index contributed by atoms with van der Waals surface area (Å²) in [7, 11) is -2.84. The molecule has 0 aliphatic rings. The lowest BCUT2D eigenvalue weighted by atomic mass is 10.1. The van der Waals surface area contributed by atoms with Gasteiger partial charge in [-0.15, -0.1) is 0 Å². The Hall–Kier alpha value is -2.94. The number of rotatable bonds is 5. The van der Waals surface area contributed by atoms with Crippen LogP contribution in [0.5, 0.6) is 0 Å². The van der Waals surface area contributed by atoms with Gasteiger partial charge in [0.25, 0.3) is 15.7 Å². The zero-order valence-corrected chi connectivity index (χ0v) is 14.6. The lowest BCUT2D eigenvalue weighted by Gasteiger charge is -2.13. The van der Waals surface area contributed by atoms with E-state index in [0.717, 1.165) is 6.07 Å². The lowest BCUT2D eigenvalue weighted by Crippen LogP contribution is -2.15. The van der Waals surface area contributed by atoms with Crippen LogP contribution in [0.25, 0.3) is 0 Å². The fraction of sp³-hybridized carbons (Fsp3) is 0.188. The third kappa shape index (κ3) is 3.77. The number of nitrogens with one attached hydrogen (secondary N) is 1. The highest BCUT2D eigenvalue weighted by Crippen LogP contribution is 2.26. The summed E-state index contributed by atoms with van der Waals surface area (Å²) in [6.45, 7) is 3.09. The number of ether oxygens (including phenoxy) is 1. The van der Waals surface area contributed by atoms with Crippen molar-refractivity contribution in [3.8, 4) is 0 Å². The van der Waals surface area contributed by atoms with E-state index in [1.54, 1.807) is 6.92 Å². The van der Waals surface area contributed by atoms with Crippen LogP contribution < -0.4 is 4.72 Å². The Bertz CT molecular complexity index is 953. The molecule has 8 nitrogen and oxygen atoms in total. The van der Waals surface area contributed by atoms with Gasteiger partial charge in [-0.2, -0.15) is 0 Å². The van der Waals surface area contributed by atoms with Crippen LogP contribution >= 0.6 is 0 Å². The van der Waals surface area contributed by atoms with Crippen LogP contribution in [-0.2, 0) is 14.8 Å². The minimum Gasteiger partial charge on any atom is -0.465 e. The van der Waals surface area contributed by atoms with Crippen molar-refractivity contribution >= 4 is 27.4 Å². The molecule has 1 N–H and O–H groups in total. The number of nitro groups is 1. The number of carbonyl (C=O) groups is 1. The second-order valence-electron chi connectivity index (χ2n) is 5.28. The van der Waals surface area contributed by atoms with Crippen LogP contribution in [0.15, 0.2) is 41.3 Å². The minimum atomic E-state index is -4.06. The minimum absolute atomic E-state index is 0.186. The van der Waals surface area contributed by atoms with Crippen molar-refractivity contribution in [1.29, 1.82) is 0 Å². The SMILES string of the molecule is COC(=O)c1cccc(NS(=O)(=O)c2ccc(C)c([N+](=O)[O-])c2)c1C. The number of sulfonamides is 1. The van der Waals surface area contributed by atoms with Crippen molar-refractivity contribution in [2.24, 2.45) is 0 Å². The number of benzene rings is 2. The van der Waals surface area contributed by atoms with Crippen LogP contribution in [0, 0.1) is 24.0 Å². The van der Waals surface area contributed by atoms with Crippen molar-refractivity contribution in [3.63, 3.8) is 0 Å².